The van der Waals surface area contributed by atoms with Crippen LogP contribution in [0.2, 0.25) is 0 Å². The number of thiazole rings is 1. The number of rotatable bonds is 1. The Morgan fingerprint density at radius 3 is 2.91 bits per heavy atom. The second kappa shape index (κ2) is 5.84. The molecule has 2 heterocycles. The van der Waals surface area contributed by atoms with E-state index < -0.39 is 11.8 Å². The minimum absolute atomic E-state index is 0.282. The van der Waals surface area contributed by atoms with Crippen molar-refractivity contribution in [2.45, 2.75) is 19.9 Å². The summed E-state index contributed by atoms with van der Waals surface area (Å²) in [5, 5.41) is 2.92. The molecule has 1 aliphatic heterocycles. The van der Waals surface area contributed by atoms with Gasteiger partial charge in [-0.3, -0.25) is 14.9 Å². The van der Waals surface area contributed by atoms with E-state index in [1.54, 1.807) is 12.3 Å². The van der Waals surface area contributed by atoms with Crippen LogP contribution in [0, 0.1) is 12.7 Å². The third-order valence-electron chi connectivity index (χ3n) is 3.50. The molecule has 0 fully saturated rings. The van der Waals surface area contributed by atoms with Crippen LogP contribution in [0.15, 0.2) is 24.4 Å². The highest BCUT2D eigenvalue weighted by molar-refractivity contribution is 7.15. The third-order valence-corrected chi connectivity index (χ3v) is 4.33. The Morgan fingerprint density at radius 2 is 2.18 bits per heavy atom. The van der Waals surface area contributed by atoms with E-state index in [-0.39, 0.29) is 5.82 Å². The Labute approximate surface area is 130 Å². The van der Waals surface area contributed by atoms with Gasteiger partial charge in [0.1, 0.15) is 5.82 Å². The second-order valence-electron chi connectivity index (χ2n) is 5.12. The number of nitrogens with one attached hydrogen (secondary N) is 1. The summed E-state index contributed by atoms with van der Waals surface area (Å²) in [6, 6.07) is 4.51. The molecule has 1 aromatic heterocycles. The van der Waals surface area contributed by atoms with Crippen LogP contribution in [0.1, 0.15) is 16.0 Å². The Hall–Kier alpha value is -2.28. The normalized spacial score (nSPS) is 13.6. The highest BCUT2D eigenvalue weighted by Crippen LogP contribution is 2.21. The average Bonchev–Trinajstić information content (AvgIpc) is 2.91. The maximum Gasteiger partial charge on any atom is 0.315 e. The van der Waals surface area contributed by atoms with Gasteiger partial charge in [-0.05, 0) is 36.6 Å². The molecule has 0 bridgehead atoms. The van der Waals surface area contributed by atoms with Crippen LogP contribution in [0.3, 0.4) is 0 Å². The smallest absolute Gasteiger partial charge is 0.315 e. The van der Waals surface area contributed by atoms with E-state index in [0.29, 0.717) is 24.6 Å². The fourth-order valence-electron chi connectivity index (χ4n) is 2.40. The monoisotopic (exact) mass is 319 g/mol. The van der Waals surface area contributed by atoms with Gasteiger partial charge in [0.05, 0.1) is 0 Å². The van der Waals surface area contributed by atoms with E-state index in [0.717, 1.165) is 16.0 Å². The molecule has 0 unspecified atom stereocenters. The summed E-state index contributed by atoms with van der Waals surface area (Å²) in [4.78, 5) is 30.6. The lowest BCUT2D eigenvalue weighted by atomic mass is 9.99. The van der Waals surface area contributed by atoms with E-state index in [9.17, 15) is 14.0 Å². The number of fused-ring (bicyclic) bond motifs is 1. The molecule has 2 amide bonds. The Balaban J connectivity index is 1.68. The molecule has 0 saturated heterocycles. The van der Waals surface area contributed by atoms with E-state index in [2.05, 4.69) is 10.3 Å². The van der Waals surface area contributed by atoms with E-state index in [4.69, 9.17) is 0 Å². The lowest BCUT2D eigenvalue weighted by molar-refractivity contribution is -0.143. The predicted octanol–water partition coefficient (Wildman–Crippen LogP) is 2.11. The average molecular weight is 319 g/mol. The zero-order valence-electron chi connectivity index (χ0n) is 11.9. The van der Waals surface area contributed by atoms with Gasteiger partial charge < -0.3 is 4.90 Å². The minimum Gasteiger partial charge on any atom is -0.330 e. The Kier molecular flexibility index (Phi) is 3.89. The van der Waals surface area contributed by atoms with Crippen molar-refractivity contribution < 1.29 is 14.0 Å². The van der Waals surface area contributed by atoms with Crippen LogP contribution in [-0.4, -0.2) is 28.2 Å². The van der Waals surface area contributed by atoms with Crippen molar-refractivity contribution in [3.63, 3.8) is 0 Å². The number of nitrogens with zero attached hydrogens (tertiary/aromatic N) is 2. The van der Waals surface area contributed by atoms with Crippen molar-refractivity contribution in [3.8, 4) is 0 Å². The fourth-order valence-corrected chi connectivity index (χ4v) is 3.06. The van der Waals surface area contributed by atoms with E-state index in [1.807, 2.05) is 6.92 Å². The summed E-state index contributed by atoms with van der Waals surface area (Å²) in [5.41, 5.74) is 1.76. The molecule has 1 N–H and O–H groups in total. The fraction of sp³-hybridized carbons (Fsp3) is 0.267. The molecular weight excluding hydrogens is 305 g/mol. The van der Waals surface area contributed by atoms with Gasteiger partial charge in [-0.2, -0.15) is 0 Å². The first-order chi connectivity index (χ1) is 10.5. The summed E-state index contributed by atoms with van der Waals surface area (Å²) >= 11 is 1.31. The van der Waals surface area contributed by atoms with Crippen molar-refractivity contribution in [2.75, 3.05) is 11.9 Å². The van der Waals surface area contributed by atoms with Crippen LogP contribution in [0.4, 0.5) is 9.52 Å². The van der Waals surface area contributed by atoms with Crippen molar-refractivity contribution in [3.05, 3.63) is 46.2 Å². The Bertz CT molecular complexity index is 744. The topological polar surface area (TPSA) is 62.3 Å². The van der Waals surface area contributed by atoms with Gasteiger partial charge in [0.2, 0.25) is 0 Å². The lowest BCUT2D eigenvalue weighted by Crippen LogP contribution is -2.42. The molecule has 2 aromatic rings. The highest BCUT2D eigenvalue weighted by Gasteiger charge is 2.26. The molecule has 7 heteroatoms. The quantitative estimate of drug-likeness (QED) is 0.819. The zero-order chi connectivity index (χ0) is 15.7. The van der Waals surface area contributed by atoms with Gasteiger partial charge in [-0.25, -0.2) is 9.37 Å². The van der Waals surface area contributed by atoms with Gasteiger partial charge >= 0.3 is 11.8 Å². The summed E-state index contributed by atoms with van der Waals surface area (Å²) in [6.07, 6.45) is 2.18. The predicted molar refractivity (Wildman–Crippen MR) is 81.0 cm³/mol. The first-order valence-electron chi connectivity index (χ1n) is 6.83. The molecular formula is C15H14FN3O2S. The summed E-state index contributed by atoms with van der Waals surface area (Å²) in [7, 11) is 0. The van der Waals surface area contributed by atoms with Crippen LogP contribution in [-0.2, 0) is 22.6 Å². The number of anilines is 1. The minimum atomic E-state index is -0.695. The van der Waals surface area contributed by atoms with Crippen LogP contribution >= 0.6 is 11.3 Å². The lowest BCUT2D eigenvalue weighted by Gasteiger charge is -2.28. The highest BCUT2D eigenvalue weighted by atomic mass is 32.1. The molecule has 22 heavy (non-hydrogen) atoms. The van der Waals surface area contributed by atoms with Crippen molar-refractivity contribution in [1.29, 1.82) is 0 Å². The third kappa shape index (κ3) is 2.99. The molecule has 0 saturated carbocycles. The zero-order valence-corrected chi connectivity index (χ0v) is 12.7. The summed E-state index contributed by atoms with van der Waals surface area (Å²) in [6.45, 7) is 2.59. The van der Waals surface area contributed by atoms with Crippen LogP contribution < -0.4 is 5.32 Å². The maximum absolute atomic E-state index is 13.2. The molecule has 0 spiro atoms. The van der Waals surface area contributed by atoms with Crippen molar-refractivity contribution in [1.82, 2.24) is 9.88 Å². The molecule has 0 radical (unpaired) electrons. The van der Waals surface area contributed by atoms with Crippen molar-refractivity contribution >= 4 is 28.3 Å². The number of aryl methyl sites for hydroxylation is 1. The number of amides is 2. The molecule has 1 aromatic carbocycles. The number of benzene rings is 1. The number of carbonyl (C=O) groups is 2. The largest absolute Gasteiger partial charge is 0.330 e. The summed E-state index contributed by atoms with van der Waals surface area (Å²) in [5.74, 6) is -1.57. The molecule has 0 atom stereocenters. The van der Waals surface area contributed by atoms with Gasteiger partial charge in [0.15, 0.2) is 5.13 Å². The first-order valence-corrected chi connectivity index (χ1v) is 7.64. The second-order valence-corrected chi connectivity index (χ2v) is 6.35. The Morgan fingerprint density at radius 1 is 1.36 bits per heavy atom. The van der Waals surface area contributed by atoms with Gasteiger partial charge in [0, 0.05) is 24.2 Å². The van der Waals surface area contributed by atoms with Crippen LogP contribution in [0.5, 0.6) is 0 Å². The molecule has 1 aliphatic rings. The number of hydrogen-bond acceptors (Lipinski definition) is 4. The van der Waals surface area contributed by atoms with Crippen molar-refractivity contribution in [2.24, 2.45) is 0 Å². The molecule has 0 aliphatic carbocycles. The standard InChI is InChI=1S/C15H14FN3O2S/c1-9-7-17-15(22-9)18-13(20)14(21)19-5-4-10-6-12(16)3-2-11(10)8-19/h2-3,6-7H,4-5,8H2,1H3,(H,17,18,20). The number of hydrogen-bond donors (Lipinski definition) is 1. The number of carbonyl (C=O) groups excluding carboxylic acids is 2. The first kappa shape index (κ1) is 14.6. The van der Waals surface area contributed by atoms with Gasteiger partial charge in [-0.15, -0.1) is 11.3 Å². The molecule has 3 rings (SSSR count). The van der Waals surface area contributed by atoms with E-state index >= 15 is 0 Å². The van der Waals surface area contributed by atoms with E-state index in [1.165, 1.54) is 28.4 Å². The van der Waals surface area contributed by atoms with Gasteiger partial charge in [0.25, 0.3) is 0 Å². The summed E-state index contributed by atoms with van der Waals surface area (Å²) < 4.78 is 13.2. The number of aromatic nitrogens is 1. The number of halogens is 1. The maximum atomic E-state index is 13.2. The SMILES string of the molecule is Cc1cnc(NC(=O)C(=O)N2CCc3cc(F)ccc3C2)s1. The van der Waals surface area contributed by atoms with Crippen LogP contribution in [0.25, 0.3) is 0 Å². The molecule has 5 nitrogen and oxygen atoms in total. The molecule has 114 valence electrons. The van der Waals surface area contributed by atoms with Gasteiger partial charge in [-0.1, -0.05) is 6.07 Å².